The molecule has 0 aromatic carbocycles. The highest BCUT2D eigenvalue weighted by Crippen LogP contribution is 2.26. The summed E-state index contributed by atoms with van der Waals surface area (Å²) in [4.78, 5) is 0. The topological polar surface area (TPSA) is 23.9 Å². The maximum absolute atomic E-state index is 7.33. The molecule has 0 aromatic heterocycles. The molecular weight excluding hydrogens is 122 g/mol. The fourth-order valence-corrected chi connectivity index (χ4v) is 1.82. The Morgan fingerprint density at radius 1 is 1.30 bits per heavy atom. The molecule has 0 radical (unpaired) electrons. The maximum Gasteiger partial charge on any atom is 0.00609 e. The minimum Gasteiger partial charge on any atom is -0.310 e. The van der Waals surface area contributed by atoms with Crippen molar-refractivity contribution in [3.05, 3.63) is 0 Å². The zero-order chi connectivity index (χ0) is 7.40. The van der Waals surface area contributed by atoms with E-state index >= 15 is 0 Å². The molecule has 1 fully saturated rings. The smallest absolute Gasteiger partial charge is 0.00609 e. The molecule has 1 nitrogen and oxygen atoms in total. The van der Waals surface area contributed by atoms with E-state index < -0.39 is 0 Å². The second-order valence-electron chi connectivity index (χ2n) is 3.49. The summed E-state index contributed by atoms with van der Waals surface area (Å²) in [5.74, 6) is 0.853. The van der Waals surface area contributed by atoms with Crippen molar-refractivity contribution in [1.82, 2.24) is 0 Å². The van der Waals surface area contributed by atoms with Crippen molar-refractivity contribution in [2.24, 2.45) is 5.92 Å². The molecule has 58 valence electrons. The number of nitrogens with one attached hydrogen (secondary N) is 1. The molecule has 0 bridgehead atoms. The fourth-order valence-electron chi connectivity index (χ4n) is 1.82. The number of hydrogen-bond acceptors (Lipinski definition) is 1. The molecule has 0 unspecified atom stereocenters. The van der Waals surface area contributed by atoms with Crippen molar-refractivity contribution >= 4 is 5.71 Å². The van der Waals surface area contributed by atoms with E-state index in [4.69, 9.17) is 5.41 Å². The summed E-state index contributed by atoms with van der Waals surface area (Å²) in [6, 6.07) is 0. The second-order valence-corrected chi connectivity index (χ2v) is 3.49. The van der Waals surface area contributed by atoms with Gasteiger partial charge < -0.3 is 5.41 Å². The molecular formula is C9H17N. The summed E-state index contributed by atoms with van der Waals surface area (Å²) in [5.41, 5.74) is 0.868. The highest BCUT2D eigenvalue weighted by atomic mass is 14.4. The van der Waals surface area contributed by atoms with Crippen LogP contribution in [-0.2, 0) is 0 Å². The molecule has 1 saturated carbocycles. The Balaban J connectivity index is 2.19. The molecule has 0 atom stereocenters. The van der Waals surface area contributed by atoms with Crippen molar-refractivity contribution in [1.29, 1.82) is 5.41 Å². The lowest BCUT2D eigenvalue weighted by atomic mass is 9.86. The van der Waals surface area contributed by atoms with Crippen molar-refractivity contribution in [2.75, 3.05) is 0 Å². The lowest BCUT2D eigenvalue weighted by Gasteiger charge is -2.20. The summed E-state index contributed by atoms with van der Waals surface area (Å²) in [6.45, 7) is 1.93. The summed E-state index contributed by atoms with van der Waals surface area (Å²) in [6.07, 6.45) is 8.02. The monoisotopic (exact) mass is 139 g/mol. The summed E-state index contributed by atoms with van der Waals surface area (Å²) in [7, 11) is 0. The van der Waals surface area contributed by atoms with E-state index in [1.165, 1.54) is 32.1 Å². The van der Waals surface area contributed by atoms with E-state index in [-0.39, 0.29) is 0 Å². The minimum absolute atomic E-state index is 0.853. The largest absolute Gasteiger partial charge is 0.310 e. The van der Waals surface area contributed by atoms with Crippen LogP contribution in [-0.4, -0.2) is 5.71 Å². The van der Waals surface area contributed by atoms with Crippen LogP contribution in [0.15, 0.2) is 0 Å². The van der Waals surface area contributed by atoms with Gasteiger partial charge in [-0.15, -0.1) is 0 Å². The van der Waals surface area contributed by atoms with Gasteiger partial charge in [-0.2, -0.15) is 0 Å². The first-order valence-electron chi connectivity index (χ1n) is 4.33. The number of hydrogen-bond donors (Lipinski definition) is 1. The van der Waals surface area contributed by atoms with Crippen LogP contribution in [0.4, 0.5) is 0 Å². The molecule has 1 rings (SSSR count). The van der Waals surface area contributed by atoms with Crippen LogP contribution in [0.3, 0.4) is 0 Å². The third-order valence-electron chi connectivity index (χ3n) is 2.32. The van der Waals surface area contributed by atoms with Gasteiger partial charge in [-0.05, 0) is 19.3 Å². The van der Waals surface area contributed by atoms with Crippen LogP contribution in [0.25, 0.3) is 0 Å². The van der Waals surface area contributed by atoms with Crippen molar-refractivity contribution in [3.63, 3.8) is 0 Å². The molecule has 0 amide bonds. The Morgan fingerprint density at radius 3 is 2.40 bits per heavy atom. The van der Waals surface area contributed by atoms with Gasteiger partial charge in [0, 0.05) is 5.71 Å². The Hall–Kier alpha value is -0.330. The lowest BCUT2D eigenvalue weighted by Crippen LogP contribution is -2.09. The van der Waals surface area contributed by atoms with Crippen molar-refractivity contribution in [2.45, 2.75) is 45.4 Å². The average molecular weight is 139 g/mol. The van der Waals surface area contributed by atoms with Gasteiger partial charge in [-0.3, -0.25) is 0 Å². The Bertz CT molecular complexity index is 112. The molecule has 1 N–H and O–H groups in total. The fraction of sp³-hybridized carbons (Fsp3) is 0.889. The van der Waals surface area contributed by atoms with Gasteiger partial charge in [0.05, 0.1) is 0 Å². The zero-order valence-corrected chi connectivity index (χ0v) is 6.82. The highest BCUT2D eigenvalue weighted by Gasteiger charge is 2.12. The van der Waals surface area contributed by atoms with Crippen LogP contribution in [0.2, 0.25) is 0 Å². The molecule has 0 aromatic rings. The zero-order valence-electron chi connectivity index (χ0n) is 6.82. The van der Waals surface area contributed by atoms with Gasteiger partial charge in [-0.25, -0.2) is 0 Å². The average Bonchev–Trinajstić information content (AvgIpc) is 1.88. The number of rotatable bonds is 2. The predicted octanol–water partition coefficient (Wildman–Crippen LogP) is 3.00. The summed E-state index contributed by atoms with van der Waals surface area (Å²) in [5, 5.41) is 7.33. The molecule has 1 aliphatic carbocycles. The molecule has 0 heterocycles. The maximum atomic E-state index is 7.33. The van der Waals surface area contributed by atoms with Gasteiger partial charge in [0.25, 0.3) is 0 Å². The third-order valence-corrected chi connectivity index (χ3v) is 2.32. The van der Waals surface area contributed by atoms with Crippen molar-refractivity contribution < 1.29 is 0 Å². The van der Waals surface area contributed by atoms with Gasteiger partial charge in [-0.1, -0.05) is 32.1 Å². The van der Waals surface area contributed by atoms with Crippen molar-refractivity contribution in [3.8, 4) is 0 Å². The Labute approximate surface area is 63.3 Å². The quantitative estimate of drug-likeness (QED) is 0.569. The van der Waals surface area contributed by atoms with E-state index in [0.717, 1.165) is 18.1 Å². The van der Waals surface area contributed by atoms with E-state index in [0.29, 0.717) is 0 Å². The van der Waals surface area contributed by atoms with Crippen LogP contribution in [0, 0.1) is 11.3 Å². The first-order chi connectivity index (χ1) is 4.79. The lowest BCUT2D eigenvalue weighted by molar-refractivity contribution is 0.367. The minimum atomic E-state index is 0.853. The molecule has 0 aliphatic heterocycles. The predicted molar refractivity (Wildman–Crippen MR) is 44.6 cm³/mol. The standard InChI is InChI=1S/C9H17N/c1-8(10)7-9-5-3-2-4-6-9/h9-10H,2-7H2,1H3. The summed E-state index contributed by atoms with van der Waals surface area (Å²) >= 11 is 0. The third kappa shape index (κ3) is 2.51. The van der Waals surface area contributed by atoms with E-state index in [9.17, 15) is 0 Å². The van der Waals surface area contributed by atoms with Crippen LogP contribution >= 0.6 is 0 Å². The van der Waals surface area contributed by atoms with E-state index in [2.05, 4.69) is 0 Å². The second kappa shape index (κ2) is 3.75. The van der Waals surface area contributed by atoms with E-state index in [1.54, 1.807) is 0 Å². The van der Waals surface area contributed by atoms with Gasteiger partial charge in [0.1, 0.15) is 0 Å². The Kier molecular flexibility index (Phi) is 2.91. The first-order valence-corrected chi connectivity index (χ1v) is 4.33. The molecule has 0 saturated heterocycles. The van der Waals surface area contributed by atoms with Crippen LogP contribution in [0.5, 0.6) is 0 Å². The van der Waals surface area contributed by atoms with E-state index in [1.807, 2.05) is 6.92 Å². The first kappa shape index (κ1) is 7.77. The Morgan fingerprint density at radius 2 is 1.90 bits per heavy atom. The molecule has 1 heteroatoms. The van der Waals surface area contributed by atoms with Gasteiger partial charge in [0.15, 0.2) is 0 Å². The van der Waals surface area contributed by atoms with Gasteiger partial charge in [0.2, 0.25) is 0 Å². The molecule has 0 spiro atoms. The summed E-state index contributed by atoms with van der Waals surface area (Å²) < 4.78 is 0. The molecule has 10 heavy (non-hydrogen) atoms. The SMILES string of the molecule is CC(=N)CC1CCCCC1. The molecule has 1 aliphatic rings. The van der Waals surface area contributed by atoms with Crippen LogP contribution < -0.4 is 0 Å². The highest BCUT2D eigenvalue weighted by molar-refractivity contribution is 5.78. The van der Waals surface area contributed by atoms with Gasteiger partial charge >= 0.3 is 0 Å². The normalized spacial score (nSPS) is 20.9. The van der Waals surface area contributed by atoms with Crippen LogP contribution in [0.1, 0.15) is 45.4 Å².